The van der Waals surface area contributed by atoms with Gasteiger partial charge in [-0.15, -0.1) is 0 Å². The molecule has 1 aromatic carbocycles. The highest BCUT2D eigenvalue weighted by molar-refractivity contribution is 6.41. The highest BCUT2D eigenvalue weighted by Crippen LogP contribution is 2.44. The summed E-state index contributed by atoms with van der Waals surface area (Å²) in [6.45, 7) is 0. The summed E-state index contributed by atoms with van der Waals surface area (Å²) >= 11 is 0. The molecule has 0 fully saturated rings. The molecule has 0 bridgehead atoms. The second-order valence-electron chi connectivity index (χ2n) is 4.63. The van der Waals surface area contributed by atoms with Crippen LogP contribution in [0.25, 0.3) is 0 Å². The molecule has 0 amide bonds. The zero-order valence-corrected chi connectivity index (χ0v) is 9.14. The molecule has 1 atom stereocenters. The molecule has 3 nitrogen and oxygen atoms in total. The third-order valence-electron chi connectivity index (χ3n) is 3.23. The Hall–Kier alpha value is -0.960. The molecule has 0 saturated carbocycles. The smallest absolute Gasteiger partial charge is 0.175 e. The average molecular weight is 216 g/mol. The molecule has 1 aliphatic carbocycles. The van der Waals surface area contributed by atoms with E-state index < -0.39 is 10.8 Å². The van der Waals surface area contributed by atoms with Crippen LogP contribution in [-0.4, -0.2) is 43.0 Å². The number of hydrogen-bond donors (Lipinski definition) is 1. The Kier molecular flexibility index (Phi) is 2.02. The molecule has 3 rings (SSSR count). The summed E-state index contributed by atoms with van der Waals surface area (Å²) in [5, 5.41) is -1.07. The van der Waals surface area contributed by atoms with Gasteiger partial charge in [-0.1, -0.05) is 10.8 Å². The van der Waals surface area contributed by atoms with Crippen LogP contribution in [-0.2, 0) is 11.6 Å². The summed E-state index contributed by atoms with van der Waals surface area (Å²) in [5.41, 5.74) is 5.93. The lowest BCUT2D eigenvalue weighted by atomic mass is 9.50. The van der Waals surface area contributed by atoms with Gasteiger partial charge in [0.15, 0.2) is 32.8 Å². The summed E-state index contributed by atoms with van der Waals surface area (Å²) in [6, 6.07) is 3.13. The van der Waals surface area contributed by atoms with Crippen LogP contribution in [0.1, 0.15) is 11.1 Å². The Morgan fingerprint density at radius 3 is 2.35 bits per heavy atom. The predicted molar refractivity (Wildman–Crippen MR) is 66.8 cm³/mol. The number of hydrogen-bond acceptors (Lipinski definition) is 3. The van der Waals surface area contributed by atoms with Crippen LogP contribution in [0.2, 0.25) is 0 Å². The third kappa shape index (κ3) is 1.52. The number of rotatable bonds is 0. The van der Waals surface area contributed by atoms with Gasteiger partial charge in [-0.25, -0.2) is 0 Å². The normalized spacial score (nSPS) is 26.8. The van der Waals surface area contributed by atoms with E-state index in [1.54, 1.807) is 12.1 Å². The summed E-state index contributed by atoms with van der Waals surface area (Å²) in [7, 11) is 23.0. The van der Waals surface area contributed by atoms with Gasteiger partial charge in [-0.05, 0) is 24.1 Å². The van der Waals surface area contributed by atoms with Gasteiger partial charge in [0.05, 0.1) is 15.7 Å². The van der Waals surface area contributed by atoms with Gasteiger partial charge in [0.1, 0.15) is 0 Å². The van der Waals surface area contributed by atoms with E-state index in [1.807, 2.05) is 0 Å². The minimum atomic E-state index is -1.63. The Labute approximate surface area is 105 Å². The lowest BCUT2D eigenvalue weighted by Gasteiger charge is -2.26. The standard InChI is InChI=1S/C10H7B4NO2/c11-9(12)5-3-7-6(16-10(13,14)17-7)1-4(5)2-8(9)15/h1,3,8H,2,15H2. The number of ether oxygens (including phenoxy) is 2. The average Bonchev–Trinajstić information content (AvgIpc) is 2.58. The van der Waals surface area contributed by atoms with E-state index in [2.05, 4.69) is 0 Å². The highest BCUT2D eigenvalue weighted by Gasteiger charge is 2.39. The van der Waals surface area contributed by atoms with Crippen LogP contribution in [0, 0.1) is 0 Å². The summed E-state index contributed by atoms with van der Waals surface area (Å²) in [4.78, 5) is 0. The van der Waals surface area contributed by atoms with Crippen molar-refractivity contribution in [3.05, 3.63) is 23.3 Å². The molecule has 17 heavy (non-hydrogen) atoms. The fourth-order valence-electron chi connectivity index (χ4n) is 2.30. The van der Waals surface area contributed by atoms with Gasteiger partial charge in [0.25, 0.3) is 0 Å². The monoisotopic (exact) mass is 217 g/mol. The van der Waals surface area contributed by atoms with E-state index in [9.17, 15) is 0 Å². The first-order valence-corrected chi connectivity index (χ1v) is 5.26. The molecule has 1 aromatic rings. The summed E-state index contributed by atoms with van der Waals surface area (Å²) < 4.78 is 10.5. The van der Waals surface area contributed by atoms with Crippen molar-refractivity contribution in [2.45, 2.75) is 23.3 Å². The van der Waals surface area contributed by atoms with Crippen molar-refractivity contribution in [1.82, 2.24) is 0 Å². The molecule has 7 heteroatoms. The largest absolute Gasteiger partial charge is 0.468 e. The first kappa shape index (κ1) is 11.1. The number of benzene rings is 1. The zero-order chi connectivity index (χ0) is 12.4. The maximum absolute atomic E-state index is 5.99. The second-order valence-corrected chi connectivity index (χ2v) is 4.63. The van der Waals surface area contributed by atoms with E-state index in [0.29, 0.717) is 17.9 Å². The molecular weight excluding hydrogens is 209 g/mol. The van der Waals surface area contributed by atoms with Crippen molar-refractivity contribution in [2.75, 3.05) is 0 Å². The van der Waals surface area contributed by atoms with Crippen LogP contribution in [0.4, 0.5) is 0 Å². The van der Waals surface area contributed by atoms with Crippen LogP contribution in [0.3, 0.4) is 0 Å². The first-order valence-electron chi connectivity index (χ1n) is 5.26. The number of nitrogens with two attached hydrogens (primary N) is 1. The Bertz CT molecular complexity index is 503. The molecule has 0 saturated heterocycles. The highest BCUT2D eigenvalue weighted by atomic mass is 16.7. The summed E-state index contributed by atoms with van der Waals surface area (Å²) in [5.74, 6) is 0.918. The van der Waals surface area contributed by atoms with Crippen molar-refractivity contribution >= 4 is 31.4 Å². The van der Waals surface area contributed by atoms with Crippen molar-refractivity contribution in [3.63, 3.8) is 0 Å². The fraction of sp³-hybridized carbons (Fsp3) is 0.400. The second kappa shape index (κ2) is 3.08. The minimum absolute atomic E-state index is 0.333. The van der Waals surface area contributed by atoms with E-state index in [4.69, 9.17) is 46.6 Å². The molecule has 8 radical (unpaired) electrons. The van der Waals surface area contributed by atoms with Crippen molar-refractivity contribution < 1.29 is 9.47 Å². The Morgan fingerprint density at radius 1 is 1.12 bits per heavy atom. The third-order valence-corrected chi connectivity index (χ3v) is 3.23. The van der Waals surface area contributed by atoms with Gasteiger partial charge < -0.3 is 15.2 Å². The topological polar surface area (TPSA) is 44.5 Å². The lowest BCUT2D eigenvalue weighted by Crippen LogP contribution is -2.43. The molecule has 2 aliphatic rings. The van der Waals surface area contributed by atoms with Gasteiger partial charge >= 0.3 is 0 Å². The predicted octanol–water partition coefficient (Wildman–Crippen LogP) is -1.22. The first-order chi connectivity index (χ1) is 7.79. The van der Waals surface area contributed by atoms with Crippen LogP contribution < -0.4 is 15.2 Å². The molecule has 0 spiro atoms. The lowest BCUT2D eigenvalue weighted by molar-refractivity contribution is 0.0833. The quantitative estimate of drug-likeness (QED) is 0.553. The SMILES string of the molecule is [B]C1([B])Oc2cc3c(cc2O1)C([B])([B])C(N)C3. The Morgan fingerprint density at radius 2 is 1.71 bits per heavy atom. The van der Waals surface area contributed by atoms with Gasteiger partial charge in [-0.2, -0.15) is 0 Å². The summed E-state index contributed by atoms with van der Waals surface area (Å²) in [6.07, 6.45) is 0.584. The van der Waals surface area contributed by atoms with Crippen LogP contribution in [0.5, 0.6) is 11.5 Å². The minimum Gasteiger partial charge on any atom is -0.468 e. The van der Waals surface area contributed by atoms with Gasteiger partial charge in [-0.3, -0.25) is 0 Å². The van der Waals surface area contributed by atoms with Gasteiger partial charge in [0, 0.05) is 6.04 Å². The van der Waals surface area contributed by atoms with Gasteiger partial charge in [0.2, 0.25) is 0 Å². The van der Waals surface area contributed by atoms with Crippen molar-refractivity contribution in [1.29, 1.82) is 0 Å². The van der Waals surface area contributed by atoms with E-state index in [0.717, 1.165) is 11.1 Å². The molecule has 1 heterocycles. The van der Waals surface area contributed by atoms with E-state index in [-0.39, 0.29) is 6.04 Å². The van der Waals surface area contributed by atoms with Crippen molar-refractivity contribution in [2.24, 2.45) is 5.73 Å². The number of fused-ring (bicyclic) bond motifs is 2. The molecule has 0 aromatic heterocycles. The van der Waals surface area contributed by atoms with Crippen LogP contribution >= 0.6 is 0 Å². The molecule has 1 unspecified atom stereocenters. The Balaban J connectivity index is 2.11. The maximum atomic E-state index is 5.99. The molecule has 2 N–H and O–H groups in total. The fourth-order valence-corrected chi connectivity index (χ4v) is 2.30. The van der Waals surface area contributed by atoms with Crippen LogP contribution in [0.15, 0.2) is 12.1 Å². The van der Waals surface area contributed by atoms with Crippen molar-refractivity contribution in [3.8, 4) is 11.5 Å². The van der Waals surface area contributed by atoms with E-state index >= 15 is 0 Å². The maximum Gasteiger partial charge on any atom is 0.175 e. The molecule has 76 valence electrons. The molecule has 1 aliphatic heterocycles. The van der Waals surface area contributed by atoms with E-state index in [1.165, 1.54) is 0 Å². The molecular formula is C10H7B4NO2. The zero-order valence-electron chi connectivity index (χ0n) is 9.14.